The van der Waals surface area contributed by atoms with E-state index in [1.54, 1.807) is 24.3 Å². The number of amides is 2. The zero-order valence-corrected chi connectivity index (χ0v) is 14.7. The normalized spacial score (nSPS) is 16.2. The number of carbonyl (C=O) groups excluding carboxylic acids is 2. The fourth-order valence-electron chi connectivity index (χ4n) is 3.15. The number of carbonyl (C=O) groups is 2. The van der Waals surface area contributed by atoms with Crippen LogP contribution in [0.15, 0.2) is 33.5 Å². The largest absolute Gasteiger partial charge is 0.448 e. The van der Waals surface area contributed by atoms with E-state index in [0.717, 1.165) is 32.1 Å². The van der Waals surface area contributed by atoms with Gasteiger partial charge in [-0.1, -0.05) is 31.4 Å². The van der Waals surface area contributed by atoms with Gasteiger partial charge in [-0.25, -0.2) is 0 Å². The Balaban J connectivity index is 2.01. The standard InChI is InChI=1S/C19H23N3O4/c1-11(20)18(24)22-15-16(23)13-9-5-6-10-14(13)26-17(15)19(25)21-12-7-3-2-4-8-12/h5-6,9-12H,2-4,7-8,20H2,1H3,(H,21,25)(H,22,24). The number of fused-ring (bicyclic) bond motifs is 1. The highest BCUT2D eigenvalue weighted by Crippen LogP contribution is 2.22. The maximum Gasteiger partial charge on any atom is 0.289 e. The van der Waals surface area contributed by atoms with Gasteiger partial charge in [0.1, 0.15) is 11.3 Å². The summed E-state index contributed by atoms with van der Waals surface area (Å²) >= 11 is 0. The lowest BCUT2D eigenvalue weighted by Crippen LogP contribution is -2.39. The van der Waals surface area contributed by atoms with Crippen molar-refractivity contribution in [3.8, 4) is 0 Å². The molecule has 1 heterocycles. The van der Waals surface area contributed by atoms with Gasteiger partial charge in [0.25, 0.3) is 5.91 Å². The highest BCUT2D eigenvalue weighted by atomic mass is 16.3. The van der Waals surface area contributed by atoms with Crippen LogP contribution in [0, 0.1) is 0 Å². The Morgan fingerprint density at radius 1 is 1.19 bits per heavy atom. The van der Waals surface area contributed by atoms with Crippen LogP contribution >= 0.6 is 0 Å². The van der Waals surface area contributed by atoms with Crippen LogP contribution < -0.4 is 21.8 Å². The van der Waals surface area contributed by atoms with Crippen molar-refractivity contribution >= 4 is 28.5 Å². The molecule has 1 saturated carbocycles. The Morgan fingerprint density at radius 2 is 1.88 bits per heavy atom. The van der Waals surface area contributed by atoms with Crippen LogP contribution in [0.3, 0.4) is 0 Å². The lowest BCUT2D eigenvalue weighted by atomic mass is 9.95. The van der Waals surface area contributed by atoms with Crippen LogP contribution in [-0.4, -0.2) is 23.9 Å². The minimum Gasteiger partial charge on any atom is -0.448 e. The zero-order valence-electron chi connectivity index (χ0n) is 14.7. The van der Waals surface area contributed by atoms with Gasteiger partial charge in [0.05, 0.1) is 11.4 Å². The molecule has 1 atom stereocenters. The Kier molecular flexibility index (Phi) is 5.37. The molecule has 0 spiro atoms. The van der Waals surface area contributed by atoms with Gasteiger partial charge < -0.3 is 20.8 Å². The van der Waals surface area contributed by atoms with Crippen LogP contribution in [0.2, 0.25) is 0 Å². The zero-order chi connectivity index (χ0) is 18.7. The summed E-state index contributed by atoms with van der Waals surface area (Å²) in [6.45, 7) is 1.50. The van der Waals surface area contributed by atoms with E-state index in [1.807, 2.05) is 0 Å². The molecule has 0 bridgehead atoms. The van der Waals surface area contributed by atoms with E-state index in [0.29, 0.717) is 11.0 Å². The number of para-hydroxylation sites is 1. The van der Waals surface area contributed by atoms with Crippen LogP contribution in [-0.2, 0) is 4.79 Å². The number of rotatable bonds is 4. The molecule has 1 aromatic heterocycles. The smallest absolute Gasteiger partial charge is 0.289 e. The molecule has 3 rings (SSSR count). The number of nitrogens with two attached hydrogens (primary N) is 1. The summed E-state index contributed by atoms with van der Waals surface area (Å²) in [5, 5.41) is 5.67. The van der Waals surface area contributed by atoms with E-state index >= 15 is 0 Å². The number of anilines is 1. The molecule has 1 aliphatic rings. The average Bonchev–Trinajstić information content (AvgIpc) is 2.64. The van der Waals surface area contributed by atoms with Gasteiger partial charge in [-0.15, -0.1) is 0 Å². The van der Waals surface area contributed by atoms with Gasteiger partial charge in [0.2, 0.25) is 17.1 Å². The first-order valence-corrected chi connectivity index (χ1v) is 8.90. The average molecular weight is 357 g/mol. The summed E-state index contributed by atoms with van der Waals surface area (Å²) in [6, 6.07) is 5.84. The molecule has 0 aliphatic heterocycles. The molecule has 1 fully saturated rings. The van der Waals surface area contributed by atoms with E-state index < -0.39 is 23.3 Å². The number of benzene rings is 1. The van der Waals surface area contributed by atoms with Crippen molar-refractivity contribution in [2.24, 2.45) is 5.73 Å². The van der Waals surface area contributed by atoms with Gasteiger partial charge in [0.15, 0.2) is 0 Å². The summed E-state index contributed by atoms with van der Waals surface area (Å²) in [5.74, 6) is -1.24. The third-order valence-corrected chi connectivity index (χ3v) is 4.61. The fraction of sp³-hybridized carbons (Fsp3) is 0.421. The summed E-state index contributed by atoms with van der Waals surface area (Å²) < 4.78 is 5.69. The van der Waals surface area contributed by atoms with Crippen molar-refractivity contribution in [2.75, 3.05) is 5.32 Å². The van der Waals surface area contributed by atoms with Crippen LogP contribution in [0.25, 0.3) is 11.0 Å². The van der Waals surface area contributed by atoms with Crippen molar-refractivity contribution in [1.82, 2.24) is 5.32 Å². The lowest BCUT2D eigenvalue weighted by molar-refractivity contribution is -0.117. The van der Waals surface area contributed by atoms with Crippen molar-refractivity contribution in [2.45, 2.75) is 51.1 Å². The summed E-state index contributed by atoms with van der Waals surface area (Å²) in [4.78, 5) is 37.6. The molecular formula is C19H23N3O4. The summed E-state index contributed by atoms with van der Waals surface area (Å²) in [6.07, 6.45) is 5.06. The molecular weight excluding hydrogens is 334 g/mol. The second-order valence-electron chi connectivity index (χ2n) is 6.72. The first kappa shape index (κ1) is 18.1. The second kappa shape index (κ2) is 7.70. The molecule has 1 aliphatic carbocycles. The molecule has 1 aromatic carbocycles. The molecule has 26 heavy (non-hydrogen) atoms. The molecule has 2 amide bonds. The highest BCUT2D eigenvalue weighted by Gasteiger charge is 2.25. The van der Waals surface area contributed by atoms with Crippen LogP contribution in [0.5, 0.6) is 0 Å². The van der Waals surface area contributed by atoms with E-state index in [-0.39, 0.29) is 17.5 Å². The van der Waals surface area contributed by atoms with Gasteiger partial charge in [-0.2, -0.15) is 0 Å². The Hall–Kier alpha value is -2.67. The van der Waals surface area contributed by atoms with E-state index in [4.69, 9.17) is 10.2 Å². The van der Waals surface area contributed by atoms with Gasteiger partial charge in [0, 0.05) is 6.04 Å². The number of hydrogen-bond donors (Lipinski definition) is 3. The first-order chi connectivity index (χ1) is 12.5. The van der Waals surface area contributed by atoms with Gasteiger partial charge in [-0.3, -0.25) is 14.4 Å². The second-order valence-corrected chi connectivity index (χ2v) is 6.72. The lowest BCUT2D eigenvalue weighted by Gasteiger charge is -2.23. The van der Waals surface area contributed by atoms with Crippen molar-refractivity contribution in [3.05, 3.63) is 40.2 Å². The number of hydrogen-bond acceptors (Lipinski definition) is 5. The fourth-order valence-corrected chi connectivity index (χ4v) is 3.15. The van der Waals surface area contributed by atoms with Crippen molar-refractivity contribution in [1.29, 1.82) is 0 Å². The molecule has 0 saturated heterocycles. The maximum atomic E-state index is 12.8. The predicted molar refractivity (Wildman–Crippen MR) is 99.1 cm³/mol. The molecule has 7 nitrogen and oxygen atoms in total. The summed E-state index contributed by atoms with van der Waals surface area (Å²) in [7, 11) is 0. The topological polar surface area (TPSA) is 114 Å². The quantitative estimate of drug-likeness (QED) is 0.775. The van der Waals surface area contributed by atoms with Gasteiger partial charge >= 0.3 is 0 Å². The molecule has 2 aromatic rings. The Bertz CT molecular complexity index is 882. The molecule has 7 heteroatoms. The first-order valence-electron chi connectivity index (χ1n) is 8.90. The van der Waals surface area contributed by atoms with E-state index in [1.165, 1.54) is 6.92 Å². The highest BCUT2D eigenvalue weighted by molar-refractivity contribution is 6.04. The maximum absolute atomic E-state index is 12.8. The van der Waals surface area contributed by atoms with Crippen LogP contribution in [0.1, 0.15) is 49.6 Å². The van der Waals surface area contributed by atoms with Crippen molar-refractivity contribution in [3.63, 3.8) is 0 Å². The molecule has 1 unspecified atom stereocenters. The summed E-state index contributed by atoms with van der Waals surface area (Å²) in [5.41, 5.74) is 5.24. The van der Waals surface area contributed by atoms with E-state index in [9.17, 15) is 14.4 Å². The van der Waals surface area contributed by atoms with E-state index in [2.05, 4.69) is 10.6 Å². The number of nitrogens with one attached hydrogen (secondary N) is 2. The SMILES string of the molecule is CC(N)C(=O)Nc1c(C(=O)NC2CCCCC2)oc2ccccc2c1=O. The van der Waals surface area contributed by atoms with Gasteiger partial charge in [-0.05, 0) is 31.9 Å². The van der Waals surface area contributed by atoms with Crippen molar-refractivity contribution < 1.29 is 14.0 Å². The van der Waals surface area contributed by atoms with Crippen LogP contribution in [0.4, 0.5) is 5.69 Å². The molecule has 4 N–H and O–H groups in total. The third-order valence-electron chi connectivity index (χ3n) is 4.61. The minimum absolute atomic E-state index is 0.0463. The minimum atomic E-state index is -0.824. The Morgan fingerprint density at radius 3 is 2.58 bits per heavy atom. The monoisotopic (exact) mass is 357 g/mol. The predicted octanol–water partition coefficient (Wildman–Crippen LogP) is 2.14. The molecule has 0 radical (unpaired) electrons. The molecule has 138 valence electrons. The third kappa shape index (κ3) is 3.77. The Labute approximate surface area is 150 Å².